The van der Waals surface area contributed by atoms with Crippen molar-refractivity contribution in [1.82, 2.24) is 4.90 Å². The van der Waals surface area contributed by atoms with E-state index in [0.29, 0.717) is 0 Å². The smallest absolute Gasteiger partial charge is 0.323 e. The first-order valence-electron chi connectivity index (χ1n) is 5.56. The van der Waals surface area contributed by atoms with Gasteiger partial charge in [0.2, 0.25) is 0 Å². The number of alkyl halides is 2. The summed E-state index contributed by atoms with van der Waals surface area (Å²) in [7, 11) is 1.38. The average molecular weight is 257 g/mol. The maximum atomic E-state index is 14.0. The molecular weight excluding hydrogens is 240 g/mol. The molecule has 5 heteroatoms. The van der Waals surface area contributed by atoms with Crippen LogP contribution in [0.4, 0.5) is 8.78 Å². The standard InChI is InChI=1S/C13H17F2NO2/c1-12(2,11(17)18)16(3)9-13(14,15)10-7-5-4-6-8-10/h4-8H,9H2,1-3H3,(H,17,18). The topological polar surface area (TPSA) is 40.5 Å². The minimum absolute atomic E-state index is 0.113. The van der Waals surface area contributed by atoms with Crippen LogP contribution in [0.5, 0.6) is 0 Å². The summed E-state index contributed by atoms with van der Waals surface area (Å²) in [6.45, 7) is 2.16. The maximum Gasteiger partial charge on any atom is 0.323 e. The predicted molar refractivity (Wildman–Crippen MR) is 64.7 cm³/mol. The molecule has 0 fully saturated rings. The van der Waals surface area contributed by atoms with E-state index in [2.05, 4.69) is 0 Å². The summed E-state index contributed by atoms with van der Waals surface area (Å²) in [5, 5.41) is 8.99. The molecule has 0 bridgehead atoms. The number of benzene rings is 1. The van der Waals surface area contributed by atoms with Crippen molar-refractivity contribution in [2.24, 2.45) is 0 Å². The second-order valence-electron chi connectivity index (χ2n) is 4.79. The Morgan fingerprint density at radius 2 is 1.78 bits per heavy atom. The van der Waals surface area contributed by atoms with Crippen molar-refractivity contribution >= 4 is 5.97 Å². The van der Waals surface area contributed by atoms with Crippen LogP contribution in [0.25, 0.3) is 0 Å². The fraction of sp³-hybridized carbons (Fsp3) is 0.462. The molecule has 0 amide bonds. The van der Waals surface area contributed by atoms with Crippen LogP contribution < -0.4 is 0 Å². The highest BCUT2D eigenvalue weighted by molar-refractivity contribution is 5.77. The second kappa shape index (κ2) is 5.02. The summed E-state index contributed by atoms with van der Waals surface area (Å²) in [5.74, 6) is -4.21. The lowest BCUT2D eigenvalue weighted by Gasteiger charge is -2.34. The molecule has 0 unspecified atom stereocenters. The molecule has 100 valence electrons. The van der Waals surface area contributed by atoms with Gasteiger partial charge in [0, 0.05) is 5.56 Å². The summed E-state index contributed by atoms with van der Waals surface area (Å²) < 4.78 is 27.9. The zero-order valence-corrected chi connectivity index (χ0v) is 10.7. The first-order chi connectivity index (χ1) is 8.18. The van der Waals surface area contributed by atoms with Crippen LogP contribution in [-0.2, 0) is 10.7 Å². The fourth-order valence-corrected chi connectivity index (χ4v) is 1.43. The summed E-state index contributed by atoms with van der Waals surface area (Å²) >= 11 is 0. The number of carbonyl (C=O) groups is 1. The second-order valence-corrected chi connectivity index (χ2v) is 4.79. The van der Waals surface area contributed by atoms with Gasteiger partial charge >= 0.3 is 5.97 Å². The maximum absolute atomic E-state index is 14.0. The lowest BCUT2D eigenvalue weighted by molar-refractivity contribution is -0.151. The van der Waals surface area contributed by atoms with Crippen molar-refractivity contribution in [2.45, 2.75) is 25.3 Å². The SMILES string of the molecule is CN(CC(F)(F)c1ccccc1)C(C)(C)C(=O)O. The Bertz CT molecular complexity index is 418. The lowest BCUT2D eigenvalue weighted by Crippen LogP contribution is -2.51. The van der Waals surface area contributed by atoms with Gasteiger partial charge in [0.25, 0.3) is 5.92 Å². The molecule has 0 saturated heterocycles. The quantitative estimate of drug-likeness (QED) is 0.881. The van der Waals surface area contributed by atoms with Gasteiger partial charge in [-0.25, -0.2) is 0 Å². The number of hydrogen-bond acceptors (Lipinski definition) is 2. The molecule has 0 atom stereocenters. The van der Waals surface area contributed by atoms with Gasteiger partial charge in [-0.15, -0.1) is 0 Å². The molecule has 1 aromatic rings. The molecule has 0 spiro atoms. The van der Waals surface area contributed by atoms with Crippen LogP contribution in [0, 0.1) is 0 Å². The highest BCUT2D eigenvalue weighted by atomic mass is 19.3. The Balaban J connectivity index is 2.87. The number of likely N-dealkylation sites (N-methyl/N-ethyl adjacent to an activating group) is 1. The van der Waals surface area contributed by atoms with Gasteiger partial charge in [0.05, 0.1) is 6.54 Å². The van der Waals surface area contributed by atoms with E-state index in [1.165, 1.54) is 45.2 Å². The molecule has 0 aromatic heterocycles. The average Bonchev–Trinajstić information content (AvgIpc) is 2.29. The van der Waals surface area contributed by atoms with Crippen molar-refractivity contribution in [3.63, 3.8) is 0 Å². The molecule has 0 aliphatic heterocycles. The Labute approximate surface area is 105 Å². The van der Waals surface area contributed by atoms with E-state index in [1.807, 2.05) is 0 Å². The minimum Gasteiger partial charge on any atom is -0.480 e. The van der Waals surface area contributed by atoms with Crippen molar-refractivity contribution in [2.75, 3.05) is 13.6 Å². The van der Waals surface area contributed by atoms with E-state index in [0.717, 1.165) is 4.90 Å². The van der Waals surface area contributed by atoms with Crippen LogP contribution in [-0.4, -0.2) is 35.1 Å². The lowest BCUT2D eigenvalue weighted by atomic mass is 10.0. The number of rotatable bonds is 5. The van der Waals surface area contributed by atoms with E-state index >= 15 is 0 Å². The molecule has 18 heavy (non-hydrogen) atoms. The van der Waals surface area contributed by atoms with Crippen molar-refractivity contribution in [3.8, 4) is 0 Å². The first-order valence-corrected chi connectivity index (χ1v) is 5.56. The van der Waals surface area contributed by atoms with Crippen LogP contribution in [0.2, 0.25) is 0 Å². The van der Waals surface area contributed by atoms with Gasteiger partial charge in [-0.1, -0.05) is 30.3 Å². The van der Waals surface area contributed by atoms with Gasteiger partial charge in [0.1, 0.15) is 5.54 Å². The van der Waals surface area contributed by atoms with Gasteiger partial charge in [0.15, 0.2) is 0 Å². The first kappa shape index (κ1) is 14.6. The van der Waals surface area contributed by atoms with Crippen LogP contribution in [0.3, 0.4) is 0 Å². The third-order valence-electron chi connectivity index (χ3n) is 3.11. The normalized spacial score (nSPS) is 12.8. The van der Waals surface area contributed by atoms with E-state index in [4.69, 9.17) is 5.11 Å². The zero-order valence-electron chi connectivity index (χ0n) is 10.7. The predicted octanol–water partition coefficient (Wildman–Crippen LogP) is 2.57. The van der Waals surface area contributed by atoms with Crippen LogP contribution in [0.15, 0.2) is 30.3 Å². The van der Waals surface area contributed by atoms with E-state index in [-0.39, 0.29) is 5.56 Å². The summed E-state index contributed by atoms with van der Waals surface area (Å²) in [4.78, 5) is 12.1. The Hall–Kier alpha value is -1.49. The number of carboxylic acids is 1. The molecular formula is C13H17F2NO2. The van der Waals surface area contributed by atoms with Gasteiger partial charge in [-0.3, -0.25) is 9.69 Å². The van der Waals surface area contributed by atoms with E-state index < -0.39 is 24.0 Å². The van der Waals surface area contributed by atoms with Crippen LogP contribution in [0.1, 0.15) is 19.4 Å². The van der Waals surface area contributed by atoms with Crippen molar-refractivity contribution in [1.29, 1.82) is 0 Å². The monoisotopic (exact) mass is 257 g/mol. The van der Waals surface area contributed by atoms with Crippen molar-refractivity contribution in [3.05, 3.63) is 35.9 Å². The molecule has 0 aliphatic carbocycles. The molecule has 0 radical (unpaired) electrons. The highest BCUT2D eigenvalue weighted by Crippen LogP contribution is 2.30. The minimum atomic E-state index is -3.08. The third-order valence-corrected chi connectivity index (χ3v) is 3.11. The molecule has 0 aliphatic rings. The highest BCUT2D eigenvalue weighted by Gasteiger charge is 2.40. The molecule has 1 N–H and O–H groups in total. The molecule has 3 nitrogen and oxygen atoms in total. The Kier molecular flexibility index (Phi) is 4.06. The van der Waals surface area contributed by atoms with Gasteiger partial charge in [-0.05, 0) is 20.9 Å². The zero-order chi connectivity index (χ0) is 14.0. The third kappa shape index (κ3) is 3.04. The van der Waals surface area contributed by atoms with Gasteiger partial charge < -0.3 is 5.11 Å². The van der Waals surface area contributed by atoms with E-state index in [9.17, 15) is 13.6 Å². The molecule has 0 heterocycles. The summed E-state index contributed by atoms with van der Waals surface area (Å²) in [6, 6.07) is 7.39. The number of hydrogen-bond donors (Lipinski definition) is 1. The fourth-order valence-electron chi connectivity index (χ4n) is 1.43. The van der Waals surface area contributed by atoms with E-state index in [1.54, 1.807) is 6.07 Å². The van der Waals surface area contributed by atoms with Crippen molar-refractivity contribution < 1.29 is 18.7 Å². The van der Waals surface area contributed by atoms with Gasteiger partial charge in [-0.2, -0.15) is 8.78 Å². The Morgan fingerprint density at radius 1 is 1.28 bits per heavy atom. The Morgan fingerprint density at radius 3 is 2.22 bits per heavy atom. The molecule has 1 aromatic carbocycles. The number of carboxylic acid groups (broad SMARTS) is 1. The molecule has 1 rings (SSSR count). The largest absolute Gasteiger partial charge is 0.480 e. The summed E-state index contributed by atoms with van der Waals surface area (Å²) in [5.41, 5.74) is -1.45. The number of nitrogens with zero attached hydrogens (tertiary/aromatic N) is 1. The number of halogens is 2. The van der Waals surface area contributed by atoms with Crippen LogP contribution >= 0.6 is 0 Å². The summed E-state index contributed by atoms with van der Waals surface area (Å²) in [6.07, 6.45) is 0. The number of aliphatic carboxylic acids is 1. The molecule has 0 saturated carbocycles.